The van der Waals surface area contributed by atoms with Crippen molar-refractivity contribution in [3.63, 3.8) is 0 Å². The summed E-state index contributed by atoms with van der Waals surface area (Å²) in [5.41, 5.74) is 11.1. The number of aromatic nitrogens is 2. The van der Waals surface area contributed by atoms with Crippen molar-refractivity contribution >= 4 is 0 Å². The first-order valence-corrected chi connectivity index (χ1v) is 6.14. The molecule has 0 atom stereocenters. The second-order valence-electron chi connectivity index (χ2n) is 4.60. The Balaban J connectivity index is 2.14. The number of nitrogens with two attached hydrogens (primary N) is 1. The average Bonchev–Trinajstić information content (AvgIpc) is 2.74. The lowest BCUT2D eigenvalue weighted by Gasteiger charge is -2.21. The van der Waals surface area contributed by atoms with Crippen molar-refractivity contribution in [1.82, 2.24) is 9.55 Å². The lowest BCUT2D eigenvalue weighted by atomic mass is 9.94. The third-order valence-electron chi connectivity index (χ3n) is 3.58. The van der Waals surface area contributed by atoms with Crippen molar-refractivity contribution in [1.29, 1.82) is 0 Å². The van der Waals surface area contributed by atoms with Gasteiger partial charge in [-0.15, -0.1) is 0 Å². The zero-order valence-electron chi connectivity index (χ0n) is 10.1. The number of hydrogen-bond donors (Lipinski definition) is 1. The third kappa shape index (κ3) is 1.58. The predicted molar refractivity (Wildman–Crippen MR) is 68.9 cm³/mol. The van der Waals surface area contributed by atoms with E-state index < -0.39 is 0 Å². The third-order valence-corrected chi connectivity index (χ3v) is 3.58. The second kappa shape index (κ2) is 4.00. The lowest BCUT2D eigenvalue weighted by Crippen LogP contribution is -2.16. The molecule has 1 aromatic carbocycles. The van der Waals surface area contributed by atoms with E-state index in [9.17, 15) is 0 Å². The molecular weight excluding hydrogens is 210 g/mol. The fraction of sp³-hybridized carbons (Fsp3) is 0.357. The van der Waals surface area contributed by atoms with Gasteiger partial charge in [0.05, 0.1) is 11.9 Å². The van der Waals surface area contributed by atoms with E-state index in [0.29, 0.717) is 6.54 Å². The molecule has 0 saturated carbocycles. The van der Waals surface area contributed by atoms with E-state index in [2.05, 4.69) is 34.7 Å². The van der Waals surface area contributed by atoms with Gasteiger partial charge in [-0.2, -0.15) is 0 Å². The van der Waals surface area contributed by atoms with Crippen LogP contribution in [0.5, 0.6) is 0 Å². The van der Waals surface area contributed by atoms with Crippen molar-refractivity contribution in [2.75, 3.05) is 6.54 Å². The molecule has 0 spiro atoms. The standard InChI is InChI=1S/C14H17N3/c1-10-3-2-4-12-11(10)6-8-17-13(12)9-16-14(17)5-7-15/h2-4,9H,5-8,15H2,1H3. The highest BCUT2D eigenvalue weighted by molar-refractivity contribution is 5.67. The molecule has 2 heterocycles. The van der Waals surface area contributed by atoms with Crippen LogP contribution in [0.25, 0.3) is 11.3 Å². The maximum atomic E-state index is 5.62. The van der Waals surface area contributed by atoms with E-state index in [0.717, 1.165) is 25.2 Å². The van der Waals surface area contributed by atoms with Gasteiger partial charge in [0.1, 0.15) is 5.82 Å². The van der Waals surface area contributed by atoms with Gasteiger partial charge in [-0.1, -0.05) is 18.2 Å². The first-order chi connectivity index (χ1) is 8.31. The van der Waals surface area contributed by atoms with Gasteiger partial charge < -0.3 is 10.3 Å². The van der Waals surface area contributed by atoms with E-state index in [1.165, 1.54) is 22.4 Å². The molecule has 0 bridgehead atoms. The van der Waals surface area contributed by atoms with Gasteiger partial charge >= 0.3 is 0 Å². The van der Waals surface area contributed by atoms with Crippen molar-refractivity contribution in [3.8, 4) is 11.3 Å². The molecule has 3 rings (SSSR count). The van der Waals surface area contributed by atoms with Crippen molar-refractivity contribution in [2.24, 2.45) is 5.73 Å². The SMILES string of the molecule is Cc1cccc2c1CCn1c-2cnc1CCN. The number of rotatable bonds is 2. The minimum atomic E-state index is 0.664. The fourth-order valence-electron chi connectivity index (χ4n) is 2.70. The minimum Gasteiger partial charge on any atom is -0.330 e. The summed E-state index contributed by atoms with van der Waals surface area (Å²) in [4.78, 5) is 4.50. The van der Waals surface area contributed by atoms with Gasteiger partial charge in [0.2, 0.25) is 0 Å². The van der Waals surface area contributed by atoms with Crippen LogP contribution in [-0.4, -0.2) is 16.1 Å². The lowest BCUT2D eigenvalue weighted by molar-refractivity contribution is 0.639. The van der Waals surface area contributed by atoms with Crippen LogP contribution in [0.15, 0.2) is 24.4 Å². The minimum absolute atomic E-state index is 0.664. The molecule has 88 valence electrons. The first-order valence-electron chi connectivity index (χ1n) is 6.14. The van der Waals surface area contributed by atoms with Gasteiger partial charge in [-0.05, 0) is 31.0 Å². The second-order valence-corrected chi connectivity index (χ2v) is 4.60. The molecule has 1 aliphatic heterocycles. The highest BCUT2D eigenvalue weighted by atomic mass is 15.1. The Morgan fingerprint density at radius 1 is 1.41 bits per heavy atom. The van der Waals surface area contributed by atoms with E-state index in [1.54, 1.807) is 0 Å². The molecular formula is C14H17N3. The van der Waals surface area contributed by atoms with E-state index in [4.69, 9.17) is 5.73 Å². The Morgan fingerprint density at radius 3 is 3.12 bits per heavy atom. The molecule has 0 fully saturated rings. The van der Waals surface area contributed by atoms with Gasteiger partial charge in [0.25, 0.3) is 0 Å². The zero-order valence-corrected chi connectivity index (χ0v) is 10.1. The summed E-state index contributed by atoms with van der Waals surface area (Å²) in [6.07, 6.45) is 3.95. The first kappa shape index (κ1) is 10.5. The number of fused-ring (bicyclic) bond motifs is 3. The maximum Gasteiger partial charge on any atom is 0.110 e. The molecule has 0 unspecified atom stereocenters. The summed E-state index contributed by atoms with van der Waals surface area (Å²) >= 11 is 0. The van der Waals surface area contributed by atoms with Gasteiger partial charge in [-0.3, -0.25) is 0 Å². The van der Waals surface area contributed by atoms with Crippen LogP contribution in [0.2, 0.25) is 0 Å². The Kier molecular flexibility index (Phi) is 2.48. The normalized spacial score (nSPS) is 13.3. The smallest absolute Gasteiger partial charge is 0.110 e. The van der Waals surface area contributed by atoms with Crippen LogP contribution in [0.1, 0.15) is 17.0 Å². The molecule has 2 aromatic rings. The van der Waals surface area contributed by atoms with Gasteiger partial charge in [0, 0.05) is 18.5 Å². The van der Waals surface area contributed by atoms with Crippen LogP contribution < -0.4 is 5.73 Å². The van der Waals surface area contributed by atoms with E-state index >= 15 is 0 Å². The molecule has 0 saturated heterocycles. The van der Waals surface area contributed by atoms with Crippen molar-refractivity contribution in [3.05, 3.63) is 41.3 Å². The Morgan fingerprint density at radius 2 is 2.29 bits per heavy atom. The Hall–Kier alpha value is -1.61. The van der Waals surface area contributed by atoms with Crippen LogP contribution in [0.3, 0.4) is 0 Å². The number of imidazole rings is 1. The topological polar surface area (TPSA) is 43.8 Å². The molecule has 0 amide bonds. The average molecular weight is 227 g/mol. The van der Waals surface area contributed by atoms with Crippen molar-refractivity contribution < 1.29 is 0 Å². The highest BCUT2D eigenvalue weighted by Gasteiger charge is 2.19. The molecule has 0 radical (unpaired) electrons. The maximum absolute atomic E-state index is 5.62. The zero-order chi connectivity index (χ0) is 11.8. The monoisotopic (exact) mass is 227 g/mol. The predicted octanol–water partition coefficient (Wildman–Crippen LogP) is 1.92. The highest BCUT2D eigenvalue weighted by Crippen LogP contribution is 2.31. The molecule has 3 heteroatoms. The van der Waals surface area contributed by atoms with Crippen LogP contribution in [0, 0.1) is 6.92 Å². The summed E-state index contributed by atoms with van der Waals surface area (Å²) in [7, 11) is 0. The van der Waals surface area contributed by atoms with Crippen molar-refractivity contribution in [2.45, 2.75) is 26.3 Å². The number of aryl methyl sites for hydroxylation is 1. The van der Waals surface area contributed by atoms with Crippen LogP contribution in [0.4, 0.5) is 0 Å². The fourth-order valence-corrected chi connectivity index (χ4v) is 2.70. The number of benzene rings is 1. The van der Waals surface area contributed by atoms with Crippen LogP contribution in [-0.2, 0) is 19.4 Å². The van der Waals surface area contributed by atoms with Gasteiger partial charge in [0.15, 0.2) is 0 Å². The van der Waals surface area contributed by atoms with E-state index in [1.807, 2.05) is 6.20 Å². The summed E-state index contributed by atoms with van der Waals surface area (Å²) < 4.78 is 2.31. The summed E-state index contributed by atoms with van der Waals surface area (Å²) in [6.45, 7) is 3.88. The molecule has 1 aliphatic rings. The van der Waals surface area contributed by atoms with Crippen LogP contribution >= 0.6 is 0 Å². The Labute approximate surface area is 101 Å². The molecule has 2 N–H and O–H groups in total. The summed E-state index contributed by atoms with van der Waals surface area (Å²) in [5.74, 6) is 1.12. The Bertz CT molecular complexity index is 555. The molecule has 0 aliphatic carbocycles. The number of hydrogen-bond acceptors (Lipinski definition) is 2. The quantitative estimate of drug-likeness (QED) is 0.851. The summed E-state index contributed by atoms with van der Waals surface area (Å²) in [6, 6.07) is 6.51. The molecule has 17 heavy (non-hydrogen) atoms. The van der Waals surface area contributed by atoms with E-state index in [-0.39, 0.29) is 0 Å². The van der Waals surface area contributed by atoms with Gasteiger partial charge in [-0.25, -0.2) is 4.98 Å². The summed E-state index contributed by atoms with van der Waals surface area (Å²) in [5, 5.41) is 0. The molecule has 1 aromatic heterocycles. The largest absolute Gasteiger partial charge is 0.330 e. The number of nitrogens with zero attached hydrogens (tertiary/aromatic N) is 2. The molecule has 3 nitrogen and oxygen atoms in total.